The van der Waals surface area contributed by atoms with E-state index in [1.165, 1.54) is 29.8 Å². The summed E-state index contributed by atoms with van der Waals surface area (Å²) < 4.78 is 48.0. The van der Waals surface area contributed by atoms with E-state index in [1.807, 2.05) is 0 Å². The molecule has 1 aromatic heterocycles. The first-order valence-corrected chi connectivity index (χ1v) is 8.65. The minimum atomic E-state index is -2.80. The summed E-state index contributed by atoms with van der Waals surface area (Å²) in [6.07, 6.45) is -2.79. The summed E-state index contributed by atoms with van der Waals surface area (Å²) in [5.41, 5.74) is -0.690. The van der Waals surface area contributed by atoms with Crippen molar-refractivity contribution in [3.63, 3.8) is 0 Å². The molecule has 0 amide bonds. The molecule has 0 aliphatic carbocycles. The first-order valence-electron chi connectivity index (χ1n) is 7.85. The average molecular weight is 453 g/mol. The smallest absolute Gasteiger partial charge is 0.343 e. The molecule has 6 nitrogen and oxygen atoms in total. The fourth-order valence-electron chi connectivity index (χ4n) is 2.48. The summed E-state index contributed by atoms with van der Waals surface area (Å²) in [5.74, 6) is -0.739. The molecule has 1 heterocycles. The fraction of sp³-hybridized carbons (Fsp3) is 0.167. The van der Waals surface area contributed by atoms with Crippen molar-refractivity contribution in [2.75, 3.05) is 0 Å². The molecule has 0 radical (unpaired) electrons. The third-order valence-electron chi connectivity index (χ3n) is 3.96. The Labute approximate surface area is 165 Å². The van der Waals surface area contributed by atoms with Crippen LogP contribution >= 0.6 is 15.9 Å². The van der Waals surface area contributed by atoms with Crippen molar-refractivity contribution in [2.45, 2.75) is 12.8 Å². The molecule has 0 aliphatic rings. The predicted molar refractivity (Wildman–Crippen MR) is 98.5 cm³/mol. The Morgan fingerprint density at radius 2 is 2.11 bits per heavy atom. The van der Waals surface area contributed by atoms with Gasteiger partial charge in [-0.05, 0) is 45.8 Å². The van der Waals surface area contributed by atoms with E-state index >= 15 is 0 Å². The molecule has 0 atom stereocenters. The van der Waals surface area contributed by atoms with Crippen LogP contribution in [0.2, 0.25) is 0 Å². The molecule has 0 fully saturated rings. The molecular weight excluding hydrogens is 441 g/mol. The molecule has 3 aromatic rings. The highest BCUT2D eigenvalue weighted by molar-refractivity contribution is 9.10. The highest BCUT2D eigenvalue weighted by Gasteiger charge is 2.18. The summed E-state index contributed by atoms with van der Waals surface area (Å²) in [4.78, 5) is 14.6. The zero-order valence-corrected chi connectivity index (χ0v) is 15.9. The lowest BCUT2D eigenvalue weighted by Gasteiger charge is -2.13. The van der Waals surface area contributed by atoms with Gasteiger partial charge in [-0.1, -0.05) is 6.07 Å². The minimum Gasteiger partial charge on any atom is -0.454 e. The average Bonchev–Trinajstić information content (AvgIpc) is 2.99. The van der Waals surface area contributed by atoms with Crippen molar-refractivity contribution < 1.29 is 17.9 Å². The van der Waals surface area contributed by atoms with Gasteiger partial charge in [-0.3, -0.25) is 4.57 Å². The Hall–Kier alpha value is -3.06. The van der Waals surface area contributed by atoms with Gasteiger partial charge in [0, 0.05) is 19.0 Å². The van der Waals surface area contributed by atoms with E-state index in [4.69, 9.17) is 11.3 Å². The Balaban J connectivity index is 1.99. The maximum atomic E-state index is 15.0. The maximum Gasteiger partial charge on any atom is 0.343 e. The molecule has 0 saturated carbocycles. The molecule has 28 heavy (non-hydrogen) atoms. The number of hydrogen-bond acceptors (Lipinski definition) is 3. The number of nitrogens with zero attached hydrogens (tertiary/aromatic N) is 3. The lowest BCUT2D eigenvalue weighted by molar-refractivity contribution is 0.151. The second-order valence-corrected chi connectivity index (χ2v) is 6.66. The quantitative estimate of drug-likeness (QED) is 0.561. The number of nitrogens with one attached hydrogen (secondary N) is 1. The number of halogens is 4. The van der Waals surface area contributed by atoms with Gasteiger partial charge in [-0.15, -0.1) is 0 Å². The second kappa shape index (κ2) is 7.90. The van der Waals surface area contributed by atoms with Crippen LogP contribution in [0.25, 0.3) is 4.85 Å². The van der Waals surface area contributed by atoms with Crippen molar-refractivity contribution >= 4 is 21.6 Å². The molecule has 2 aromatic carbocycles. The number of hydrogen-bond donors (Lipinski definition) is 1. The van der Waals surface area contributed by atoms with Gasteiger partial charge < -0.3 is 4.74 Å². The van der Waals surface area contributed by atoms with Crippen LogP contribution in [0.15, 0.2) is 39.6 Å². The van der Waals surface area contributed by atoms with Crippen LogP contribution in [-0.4, -0.2) is 14.8 Å². The number of benzene rings is 2. The number of H-pyrrole nitrogens is 1. The monoisotopic (exact) mass is 452 g/mol. The van der Waals surface area contributed by atoms with Gasteiger partial charge in [0.25, 0.3) is 6.43 Å². The summed E-state index contributed by atoms with van der Waals surface area (Å²) in [7, 11) is 1.50. The Bertz CT molecular complexity index is 1130. The van der Waals surface area contributed by atoms with E-state index in [0.29, 0.717) is 5.82 Å². The van der Waals surface area contributed by atoms with Crippen LogP contribution in [0.3, 0.4) is 0 Å². The largest absolute Gasteiger partial charge is 0.454 e. The van der Waals surface area contributed by atoms with Crippen molar-refractivity contribution in [1.82, 2.24) is 14.8 Å². The minimum absolute atomic E-state index is 0.00902. The topological polar surface area (TPSA) is 64.3 Å². The molecule has 144 valence electrons. The number of aromatic amines is 1. The zero-order valence-electron chi connectivity index (χ0n) is 14.3. The van der Waals surface area contributed by atoms with Crippen molar-refractivity contribution in [2.24, 2.45) is 7.05 Å². The predicted octanol–water partition coefficient (Wildman–Crippen LogP) is 4.88. The van der Waals surface area contributed by atoms with Crippen LogP contribution < -0.4 is 10.4 Å². The van der Waals surface area contributed by atoms with Crippen molar-refractivity contribution in [1.29, 1.82) is 0 Å². The van der Waals surface area contributed by atoms with Gasteiger partial charge in [0.2, 0.25) is 0 Å². The van der Waals surface area contributed by atoms with Crippen LogP contribution in [0.5, 0.6) is 11.5 Å². The van der Waals surface area contributed by atoms with Gasteiger partial charge in [0.1, 0.15) is 11.6 Å². The van der Waals surface area contributed by atoms with E-state index < -0.39 is 23.5 Å². The SMILES string of the molecule is [C-]#[N+]c1cc(Oc2c(Br)ccc(Cc3n[nH]c(=O)n3C)c2F)cc(C(F)F)c1. The maximum absolute atomic E-state index is 15.0. The molecule has 1 N–H and O–H groups in total. The van der Waals surface area contributed by atoms with Crippen LogP contribution in [0, 0.1) is 12.4 Å². The number of ether oxygens (including phenoxy) is 1. The Morgan fingerprint density at radius 3 is 2.71 bits per heavy atom. The fourth-order valence-corrected chi connectivity index (χ4v) is 2.87. The summed E-state index contributed by atoms with van der Waals surface area (Å²) >= 11 is 3.18. The highest BCUT2D eigenvalue weighted by Crippen LogP contribution is 2.37. The third-order valence-corrected chi connectivity index (χ3v) is 4.59. The van der Waals surface area contributed by atoms with E-state index in [9.17, 15) is 18.0 Å². The Kier molecular flexibility index (Phi) is 5.56. The van der Waals surface area contributed by atoms with Crippen molar-refractivity contribution in [3.8, 4) is 11.5 Å². The molecule has 0 saturated heterocycles. The number of aromatic nitrogens is 3. The lowest BCUT2D eigenvalue weighted by atomic mass is 10.1. The first-order chi connectivity index (χ1) is 13.3. The Morgan fingerprint density at radius 1 is 1.36 bits per heavy atom. The molecule has 3 rings (SSSR count). The van der Waals surface area contributed by atoms with E-state index in [0.717, 1.165) is 12.1 Å². The number of rotatable bonds is 5. The highest BCUT2D eigenvalue weighted by atomic mass is 79.9. The summed E-state index contributed by atoms with van der Waals surface area (Å²) in [6.45, 7) is 7.03. The molecule has 0 bridgehead atoms. The van der Waals surface area contributed by atoms with E-state index in [1.54, 1.807) is 0 Å². The molecule has 0 aliphatic heterocycles. The van der Waals surface area contributed by atoms with Crippen molar-refractivity contribution in [3.05, 3.63) is 79.5 Å². The van der Waals surface area contributed by atoms with E-state index in [2.05, 4.69) is 31.0 Å². The van der Waals surface area contributed by atoms with Gasteiger partial charge in [-0.25, -0.2) is 27.9 Å². The van der Waals surface area contributed by atoms with Crippen LogP contribution in [-0.2, 0) is 13.5 Å². The van der Waals surface area contributed by atoms with Gasteiger partial charge in [-0.2, -0.15) is 5.10 Å². The standard InChI is InChI=1S/C18H12BrF3N4O2/c1-23-11-5-10(17(21)22)6-12(8-11)28-16-13(19)4-3-9(15(16)20)7-14-24-25-18(27)26(14)2/h3-6,8,17H,7H2,2H3,(H,25,27). The first kappa shape index (κ1) is 19.7. The zero-order chi connectivity index (χ0) is 20.4. The van der Waals surface area contributed by atoms with Gasteiger partial charge in [0.15, 0.2) is 17.3 Å². The summed E-state index contributed by atoms with van der Waals surface area (Å²) in [6, 6.07) is 6.37. The lowest BCUT2D eigenvalue weighted by Crippen LogP contribution is -2.15. The molecule has 0 spiro atoms. The molecular formula is C18H12BrF3N4O2. The number of alkyl halides is 2. The third kappa shape index (κ3) is 3.94. The van der Waals surface area contributed by atoms with Crippen LogP contribution in [0.1, 0.15) is 23.4 Å². The molecule has 10 heteroatoms. The van der Waals surface area contributed by atoms with E-state index in [-0.39, 0.29) is 33.6 Å². The normalized spacial score (nSPS) is 10.9. The van der Waals surface area contributed by atoms with Gasteiger partial charge in [0.05, 0.1) is 11.0 Å². The second-order valence-electron chi connectivity index (χ2n) is 5.81. The molecule has 0 unspecified atom stereocenters. The van der Waals surface area contributed by atoms with Gasteiger partial charge >= 0.3 is 5.69 Å². The summed E-state index contributed by atoms with van der Waals surface area (Å²) in [5, 5.41) is 6.10. The van der Waals surface area contributed by atoms with Crippen LogP contribution in [0.4, 0.5) is 18.9 Å².